The molecule has 134 valence electrons. The number of carbonyl (C=O) groups excluding carboxylic acids is 1. The molecule has 2 aromatic heterocycles. The number of carbonyl (C=O) groups is 1. The van der Waals surface area contributed by atoms with E-state index >= 15 is 0 Å². The van der Waals surface area contributed by atoms with Gasteiger partial charge in [-0.25, -0.2) is 4.98 Å². The lowest BCUT2D eigenvalue weighted by Crippen LogP contribution is -2.40. The Morgan fingerprint density at radius 3 is 2.59 bits per heavy atom. The molecule has 0 radical (unpaired) electrons. The molecular formula is C22H18N2O3. The lowest BCUT2D eigenvalue weighted by molar-refractivity contribution is 0.0304. The Labute approximate surface area is 156 Å². The zero-order valence-electron chi connectivity index (χ0n) is 14.7. The van der Waals surface area contributed by atoms with Crippen LogP contribution < -0.4 is 0 Å². The van der Waals surface area contributed by atoms with Crippen LogP contribution in [-0.2, 0) is 4.74 Å². The number of nitrogens with zero attached hydrogens (tertiary/aromatic N) is 2. The number of aromatic nitrogens is 1. The van der Waals surface area contributed by atoms with E-state index in [2.05, 4.69) is 0 Å². The summed E-state index contributed by atoms with van der Waals surface area (Å²) in [6.45, 7) is 2.36. The molecule has 1 amide bonds. The number of ether oxygens (including phenoxy) is 1. The van der Waals surface area contributed by atoms with Gasteiger partial charge in [-0.05, 0) is 24.3 Å². The van der Waals surface area contributed by atoms with Gasteiger partial charge in [-0.1, -0.05) is 36.4 Å². The van der Waals surface area contributed by atoms with E-state index in [1.807, 2.05) is 65.6 Å². The van der Waals surface area contributed by atoms with Gasteiger partial charge in [-0.3, -0.25) is 4.79 Å². The van der Waals surface area contributed by atoms with Crippen molar-refractivity contribution in [2.75, 3.05) is 26.3 Å². The molecule has 1 aliphatic rings. The van der Waals surface area contributed by atoms with Gasteiger partial charge in [0.2, 0.25) is 0 Å². The van der Waals surface area contributed by atoms with Crippen LogP contribution >= 0.6 is 0 Å². The largest absolute Gasteiger partial charge is 0.454 e. The van der Waals surface area contributed by atoms with Crippen molar-refractivity contribution in [1.29, 1.82) is 0 Å². The summed E-state index contributed by atoms with van der Waals surface area (Å²) in [6, 6.07) is 19.4. The smallest absolute Gasteiger partial charge is 0.254 e. The number of rotatable bonds is 2. The number of morpholine rings is 1. The number of hydrogen-bond donors (Lipinski definition) is 0. The van der Waals surface area contributed by atoms with Crippen molar-refractivity contribution < 1.29 is 13.9 Å². The van der Waals surface area contributed by atoms with Crippen LogP contribution in [0.25, 0.3) is 33.3 Å². The van der Waals surface area contributed by atoms with Gasteiger partial charge in [0, 0.05) is 23.9 Å². The molecule has 3 heterocycles. The van der Waals surface area contributed by atoms with Gasteiger partial charge < -0.3 is 14.1 Å². The first-order valence-electron chi connectivity index (χ1n) is 9.05. The number of furan rings is 1. The molecule has 5 nitrogen and oxygen atoms in total. The molecule has 0 aliphatic carbocycles. The summed E-state index contributed by atoms with van der Waals surface area (Å²) in [5.74, 6) is 0.673. The van der Waals surface area contributed by atoms with Gasteiger partial charge in [-0.2, -0.15) is 0 Å². The monoisotopic (exact) mass is 358 g/mol. The molecule has 1 saturated heterocycles. The van der Waals surface area contributed by atoms with E-state index in [9.17, 15) is 4.79 Å². The van der Waals surface area contributed by atoms with E-state index < -0.39 is 0 Å². The third-order valence-electron chi connectivity index (χ3n) is 4.92. The Kier molecular flexibility index (Phi) is 3.87. The molecule has 0 unspecified atom stereocenters. The van der Waals surface area contributed by atoms with Gasteiger partial charge >= 0.3 is 0 Å². The predicted octanol–water partition coefficient (Wildman–Crippen LogP) is 4.12. The van der Waals surface area contributed by atoms with Crippen LogP contribution in [0.4, 0.5) is 0 Å². The maximum atomic E-state index is 13.2. The Hall–Kier alpha value is -3.18. The minimum atomic E-state index is 0.00858. The predicted molar refractivity (Wildman–Crippen MR) is 104 cm³/mol. The van der Waals surface area contributed by atoms with E-state index in [0.29, 0.717) is 43.3 Å². The molecule has 27 heavy (non-hydrogen) atoms. The van der Waals surface area contributed by atoms with Crippen molar-refractivity contribution in [2.24, 2.45) is 0 Å². The van der Waals surface area contributed by atoms with Gasteiger partial charge in [0.05, 0.1) is 24.3 Å². The van der Waals surface area contributed by atoms with E-state index in [1.165, 1.54) is 0 Å². The topological polar surface area (TPSA) is 55.6 Å². The second-order valence-corrected chi connectivity index (χ2v) is 6.63. The third kappa shape index (κ3) is 2.86. The number of pyridine rings is 1. The normalized spacial score (nSPS) is 14.7. The summed E-state index contributed by atoms with van der Waals surface area (Å²) >= 11 is 0. The van der Waals surface area contributed by atoms with Crippen molar-refractivity contribution in [3.05, 3.63) is 66.2 Å². The molecule has 5 rings (SSSR count). The lowest BCUT2D eigenvalue weighted by atomic mass is 10.1. The van der Waals surface area contributed by atoms with Crippen molar-refractivity contribution in [2.45, 2.75) is 0 Å². The standard InChI is InChI=1S/C22H18N2O3/c25-22(24-9-11-26-12-10-24)17-14-19(23-18-7-3-2-6-16(17)18)21-13-15-5-1-4-8-20(15)27-21/h1-8,13-14H,9-12H2. The maximum Gasteiger partial charge on any atom is 0.254 e. The summed E-state index contributed by atoms with van der Waals surface area (Å²) in [4.78, 5) is 19.8. The second kappa shape index (κ2) is 6.52. The fourth-order valence-electron chi connectivity index (χ4n) is 3.52. The molecule has 4 aromatic rings. The van der Waals surface area contributed by atoms with E-state index in [1.54, 1.807) is 0 Å². The number of amides is 1. The number of benzene rings is 2. The molecule has 1 aliphatic heterocycles. The Morgan fingerprint density at radius 1 is 0.963 bits per heavy atom. The number of fused-ring (bicyclic) bond motifs is 2. The minimum Gasteiger partial charge on any atom is -0.454 e. The lowest BCUT2D eigenvalue weighted by Gasteiger charge is -2.27. The zero-order valence-corrected chi connectivity index (χ0v) is 14.7. The van der Waals surface area contributed by atoms with Gasteiger partial charge in [0.1, 0.15) is 11.3 Å². The summed E-state index contributed by atoms with van der Waals surface area (Å²) in [6.07, 6.45) is 0. The van der Waals surface area contributed by atoms with Crippen LogP contribution in [0.2, 0.25) is 0 Å². The van der Waals surface area contributed by atoms with Crippen LogP contribution in [0.5, 0.6) is 0 Å². The Bertz CT molecular complexity index is 1110. The molecule has 0 bridgehead atoms. The highest BCUT2D eigenvalue weighted by Crippen LogP contribution is 2.30. The summed E-state index contributed by atoms with van der Waals surface area (Å²) < 4.78 is 11.4. The molecule has 0 spiro atoms. The van der Waals surface area contributed by atoms with Crippen molar-refractivity contribution in [1.82, 2.24) is 9.88 Å². The highest BCUT2D eigenvalue weighted by molar-refractivity contribution is 6.07. The first-order chi connectivity index (χ1) is 13.3. The first kappa shape index (κ1) is 16.0. The highest BCUT2D eigenvalue weighted by Gasteiger charge is 2.22. The number of para-hydroxylation sites is 2. The van der Waals surface area contributed by atoms with Crippen molar-refractivity contribution in [3.63, 3.8) is 0 Å². The molecule has 0 atom stereocenters. The molecule has 2 aromatic carbocycles. The molecule has 1 fully saturated rings. The minimum absolute atomic E-state index is 0.00858. The number of hydrogen-bond acceptors (Lipinski definition) is 4. The van der Waals surface area contributed by atoms with E-state index in [-0.39, 0.29) is 5.91 Å². The molecule has 0 saturated carbocycles. The van der Waals surface area contributed by atoms with Crippen LogP contribution in [0.3, 0.4) is 0 Å². The Morgan fingerprint density at radius 2 is 1.74 bits per heavy atom. The Balaban J connectivity index is 1.66. The van der Waals surface area contributed by atoms with Gasteiger partial charge in [-0.15, -0.1) is 0 Å². The fraction of sp³-hybridized carbons (Fsp3) is 0.182. The van der Waals surface area contributed by atoms with Gasteiger partial charge in [0.15, 0.2) is 5.76 Å². The summed E-state index contributed by atoms with van der Waals surface area (Å²) in [5, 5.41) is 1.87. The molecular weight excluding hydrogens is 340 g/mol. The van der Waals surface area contributed by atoms with E-state index in [0.717, 1.165) is 21.9 Å². The quantitative estimate of drug-likeness (QED) is 0.541. The second-order valence-electron chi connectivity index (χ2n) is 6.63. The van der Waals surface area contributed by atoms with Crippen LogP contribution in [0.1, 0.15) is 10.4 Å². The zero-order chi connectivity index (χ0) is 18.2. The van der Waals surface area contributed by atoms with Crippen LogP contribution in [0, 0.1) is 0 Å². The third-order valence-corrected chi connectivity index (χ3v) is 4.92. The first-order valence-corrected chi connectivity index (χ1v) is 9.05. The van der Waals surface area contributed by atoms with Crippen molar-refractivity contribution in [3.8, 4) is 11.5 Å². The highest BCUT2D eigenvalue weighted by atomic mass is 16.5. The fourth-order valence-corrected chi connectivity index (χ4v) is 3.52. The average molecular weight is 358 g/mol. The average Bonchev–Trinajstić information content (AvgIpc) is 3.17. The van der Waals surface area contributed by atoms with E-state index in [4.69, 9.17) is 14.1 Å². The van der Waals surface area contributed by atoms with Crippen LogP contribution in [0.15, 0.2) is 65.1 Å². The molecule has 5 heteroatoms. The summed E-state index contributed by atoms with van der Waals surface area (Å²) in [5.41, 5.74) is 2.91. The van der Waals surface area contributed by atoms with Gasteiger partial charge in [0.25, 0.3) is 5.91 Å². The van der Waals surface area contributed by atoms with Crippen molar-refractivity contribution >= 4 is 27.8 Å². The maximum absolute atomic E-state index is 13.2. The molecule has 0 N–H and O–H groups in total. The SMILES string of the molecule is O=C(c1cc(-c2cc3ccccc3o2)nc2ccccc12)N1CCOCC1. The summed E-state index contributed by atoms with van der Waals surface area (Å²) in [7, 11) is 0. The van der Waals surface area contributed by atoms with Crippen LogP contribution in [-0.4, -0.2) is 42.1 Å².